The number of halogens is 6. The molecule has 1 saturated carbocycles. The fourth-order valence-corrected chi connectivity index (χ4v) is 4.09. The molecule has 0 heterocycles. The summed E-state index contributed by atoms with van der Waals surface area (Å²) in [5.74, 6) is -1.95. The normalized spacial score (nSPS) is 24.3. The van der Waals surface area contributed by atoms with Crippen molar-refractivity contribution in [3.8, 4) is 0 Å². The second kappa shape index (κ2) is 7.07. The van der Waals surface area contributed by atoms with Gasteiger partial charge in [0, 0.05) is 5.92 Å². The lowest BCUT2D eigenvalue weighted by Gasteiger charge is -2.21. The SMILES string of the molecule is CCOC(=O)C1(c2cc(C(F)(F)F)cc(C(F)(F)F)c2)C(C)C1c1ccccc1. The van der Waals surface area contributed by atoms with Gasteiger partial charge in [0.05, 0.1) is 17.7 Å². The third kappa shape index (κ3) is 3.60. The zero-order valence-corrected chi connectivity index (χ0v) is 15.6. The smallest absolute Gasteiger partial charge is 0.416 e. The zero-order valence-electron chi connectivity index (χ0n) is 15.6. The van der Waals surface area contributed by atoms with Gasteiger partial charge in [-0.2, -0.15) is 26.3 Å². The van der Waals surface area contributed by atoms with E-state index in [4.69, 9.17) is 4.74 Å². The summed E-state index contributed by atoms with van der Waals surface area (Å²) in [7, 11) is 0. The van der Waals surface area contributed by atoms with Crippen LogP contribution in [0.2, 0.25) is 0 Å². The fraction of sp³-hybridized carbons (Fsp3) is 0.381. The first-order chi connectivity index (χ1) is 13.4. The maximum Gasteiger partial charge on any atom is 0.416 e. The van der Waals surface area contributed by atoms with Gasteiger partial charge in [0.15, 0.2) is 0 Å². The van der Waals surface area contributed by atoms with Gasteiger partial charge in [0.2, 0.25) is 0 Å². The van der Waals surface area contributed by atoms with Gasteiger partial charge >= 0.3 is 18.3 Å². The van der Waals surface area contributed by atoms with Crippen molar-refractivity contribution in [2.45, 2.75) is 37.5 Å². The summed E-state index contributed by atoms with van der Waals surface area (Å²) in [6, 6.07) is 9.84. The quantitative estimate of drug-likeness (QED) is 0.454. The van der Waals surface area contributed by atoms with E-state index < -0.39 is 46.7 Å². The average molecular weight is 416 g/mol. The molecule has 3 rings (SSSR count). The Bertz CT molecular complexity index is 871. The predicted molar refractivity (Wildman–Crippen MR) is 93.1 cm³/mol. The van der Waals surface area contributed by atoms with Crippen molar-refractivity contribution in [2.24, 2.45) is 5.92 Å². The summed E-state index contributed by atoms with van der Waals surface area (Å²) in [5, 5.41) is 0. The van der Waals surface area contributed by atoms with Crippen LogP contribution < -0.4 is 0 Å². The highest BCUT2D eigenvalue weighted by molar-refractivity contribution is 5.90. The minimum Gasteiger partial charge on any atom is -0.465 e. The van der Waals surface area contributed by atoms with Crippen LogP contribution in [0.3, 0.4) is 0 Å². The molecule has 2 nitrogen and oxygen atoms in total. The third-order valence-corrected chi connectivity index (χ3v) is 5.44. The van der Waals surface area contributed by atoms with Crippen LogP contribution in [0.1, 0.15) is 42.0 Å². The van der Waals surface area contributed by atoms with Gasteiger partial charge in [-0.05, 0) is 42.2 Å². The van der Waals surface area contributed by atoms with Gasteiger partial charge in [0.1, 0.15) is 5.41 Å². The van der Waals surface area contributed by atoms with E-state index >= 15 is 0 Å². The monoisotopic (exact) mass is 416 g/mol. The molecule has 0 aliphatic heterocycles. The Balaban J connectivity index is 2.24. The van der Waals surface area contributed by atoms with E-state index in [2.05, 4.69) is 0 Å². The molecule has 156 valence electrons. The molecule has 0 radical (unpaired) electrons. The van der Waals surface area contributed by atoms with Crippen LogP contribution in [-0.4, -0.2) is 12.6 Å². The van der Waals surface area contributed by atoms with Crippen LogP contribution in [-0.2, 0) is 27.3 Å². The van der Waals surface area contributed by atoms with Crippen molar-refractivity contribution in [1.82, 2.24) is 0 Å². The molecule has 1 aliphatic carbocycles. The molecule has 0 bridgehead atoms. The van der Waals surface area contributed by atoms with E-state index in [1.165, 1.54) is 6.92 Å². The van der Waals surface area contributed by atoms with Crippen LogP contribution in [0.4, 0.5) is 26.3 Å². The highest BCUT2D eigenvalue weighted by atomic mass is 19.4. The number of esters is 1. The van der Waals surface area contributed by atoms with Gasteiger partial charge in [0.25, 0.3) is 0 Å². The van der Waals surface area contributed by atoms with E-state index in [1.807, 2.05) is 0 Å². The molecule has 0 spiro atoms. The van der Waals surface area contributed by atoms with Gasteiger partial charge in [-0.25, -0.2) is 0 Å². The molecule has 1 aliphatic rings. The largest absolute Gasteiger partial charge is 0.465 e. The Kier molecular flexibility index (Phi) is 5.17. The predicted octanol–water partition coefficient (Wildman–Crippen LogP) is 5.96. The van der Waals surface area contributed by atoms with E-state index in [0.29, 0.717) is 17.7 Å². The van der Waals surface area contributed by atoms with Crippen molar-refractivity contribution in [2.75, 3.05) is 6.61 Å². The molecule has 2 aromatic carbocycles. The van der Waals surface area contributed by atoms with Crippen molar-refractivity contribution in [1.29, 1.82) is 0 Å². The second-order valence-electron chi connectivity index (χ2n) is 7.06. The van der Waals surface area contributed by atoms with E-state index in [1.54, 1.807) is 37.3 Å². The number of rotatable bonds is 4. The van der Waals surface area contributed by atoms with Crippen LogP contribution >= 0.6 is 0 Å². The molecular formula is C21H18F6O2. The van der Waals surface area contributed by atoms with E-state index in [-0.39, 0.29) is 18.2 Å². The lowest BCUT2D eigenvalue weighted by atomic mass is 9.87. The minimum atomic E-state index is -4.99. The summed E-state index contributed by atoms with van der Waals surface area (Å²) in [6.07, 6.45) is -9.99. The maximum atomic E-state index is 13.3. The standard InChI is InChI=1S/C21H18F6O2/c1-3-29-18(28)19(12(2)17(19)13-7-5-4-6-8-13)14-9-15(20(22,23)24)11-16(10-14)21(25,26)27/h4-12,17H,3H2,1-2H3. The molecule has 3 unspecified atom stereocenters. The van der Waals surface area contributed by atoms with Gasteiger partial charge in [-0.3, -0.25) is 4.79 Å². The molecule has 0 N–H and O–H groups in total. The summed E-state index contributed by atoms with van der Waals surface area (Å²) >= 11 is 0. The molecular weight excluding hydrogens is 398 g/mol. The Morgan fingerprint density at radius 2 is 1.48 bits per heavy atom. The Labute approximate surface area is 163 Å². The van der Waals surface area contributed by atoms with Gasteiger partial charge in [-0.15, -0.1) is 0 Å². The van der Waals surface area contributed by atoms with Crippen LogP contribution in [0, 0.1) is 5.92 Å². The molecule has 1 fully saturated rings. The highest BCUT2D eigenvalue weighted by Crippen LogP contribution is 2.66. The molecule has 3 atom stereocenters. The number of carbonyl (C=O) groups is 1. The Hall–Kier alpha value is -2.51. The number of alkyl halides is 6. The van der Waals surface area contributed by atoms with Crippen molar-refractivity contribution >= 4 is 5.97 Å². The molecule has 2 aromatic rings. The topological polar surface area (TPSA) is 26.3 Å². The summed E-state index contributed by atoms with van der Waals surface area (Å²) in [6.45, 7) is 3.12. The van der Waals surface area contributed by atoms with Crippen LogP contribution in [0.15, 0.2) is 48.5 Å². The zero-order chi connectivity index (χ0) is 21.6. The highest BCUT2D eigenvalue weighted by Gasteiger charge is 2.69. The van der Waals surface area contributed by atoms with E-state index in [0.717, 1.165) is 0 Å². The minimum absolute atomic E-state index is 0.0418. The van der Waals surface area contributed by atoms with Gasteiger partial charge in [-0.1, -0.05) is 37.3 Å². The first kappa shape index (κ1) is 21.2. The summed E-state index contributed by atoms with van der Waals surface area (Å²) < 4.78 is 85.1. The van der Waals surface area contributed by atoms with Crippen LogP contribution in [0.5, 0.6) is 0 Å². The summed E-state index contributed by atoms with van der Waals surface area (Å²) in [5.41, 5.74) is -4.19. The Morgan fingerprint density at radius 1 is 0.966 bits per heavy atom. The average Bonchev–Trinajstić information content (AvgIpc) is 3.27. The van der Waals surface area contributed by atoms with Crippen molar-refractivity contribution in [3.05, 3.63) is 70.8 Å². The molecule has 0 aromatic heterocycles. The first-order valence-corrected chi connectivity index (χ1v) is 8.96. The molecule has 29 heavy (non-hydrogen) atoms. The second-order valence-corrected chi connectivity index (χ2v) is 7.06. The summed E-state index contributed by atoms with van der Waals surface area (Å²) in [4.78, 5) is 12.9. The third-order valence-electron chi connectivity index (χ3n) is 5.44. The van der Waals surface area contributed by atoms with Gasteiger partial charge < -0.3 is 4.74 Å². The fourth-order valence-electron chi connectivity index (χ4n) is 4.09. The Morgan fingerprint density at radius 3 is 1.93 bits per heavy atom. The van der Waals surface area contributed by atoms with Crippen molar-refractivity contribution in [3.63, 3.8) is 0 Å². The number of benzene rings is 2. The van der Waals surface area contributed by atoms with Crippen LogP contribution in [0.25, 0.3) is 0 Å². The lowest BCUT2D eigenvalue weighted by molar-refractivity contribution is -0.148. The molecule has 0 saturated heterocycles. The van der Waals surface area contributed by atoms with E-state index in [9.17, 15) is 31.1 Å². The number of hydrogen-bond donors (Lipinski definition) is 0. The number of ether oxygens (including phenoxy) is 1. The lowest BCUT2D eigenvalue weighted by Crippen LogP contribution is -2.28. The number of carbonyl (C=O) groups excluding carboxylic acids is 1. The number of hydrogen-bond acceptors (Lipinski definition) is 2. The maximum absolute atomic E-state index is 13.3. The first-order valence-electron chi connectivity index (χ1n) is 8.96. The molecule has 0 amide bonds. The molecule has 8 heteroatoms. The van der Waals surface area contributed by atoms with Crippen molar-refractivity contribution < 1.29 is 35.9 Å².